The maximum atomic E-state index is 12.9. The Morgan fingerprint density at radius 1 is 1.28 bits per heavy atom. The molecule has 0 amide bonds. The summed E-state index contributed by atoms with van der Waals surface area (Å²) in [5, 5.41) is 3.04. The molecule has 1 aromatic rings. The van der Waals surface area contributed by atoms with Gasteiger partial charge in [-0.2, -0.15) is 0 Å². The molecule has 0 unspecified atom stereocenters. The first-order chi connectivity index (χ1) is 8.43. The van der Waals surface area contributed by atoms with Gasteiger partial charge in [-0.3, -0.25) is 0 Å². The Morgan fingerprint density at radius 3 is 2.44 bits per heavy atom. The summed E-state index contributed by atoms with van der Waals surface area (Å²) in [5.74, 6) is 0. The van der Waals surface area contributed by atoms with Crippen molar-refractivity contribution >= 4 is 9.84 Å². The minimum absolute atomic E-state index is 0.512. The zero-order valence-corrected chi connectivity index (χ0v) is 12.1. The van der Waals surface area contributed by atoms with Crippen LogP contribution in [0.3, 0.4) is 0 Å². The average molecular weight is 267 g/mol. The van der Waals surface area contributed by atoms with E-state index in [-0.39, 0.29) is 0 Å². The monoisotopic (exact) mass is 267 g/mol. The Kier molecular flexibility index (Phi) is 3.52. The topological polar surface area (TPSA) is 46.2 Å². The fourth-order valence-electron chi connectivity index (χ4n) is 2.66. The van der Waals surface area contributed by atoms with Gasteiger partial charge in [-0.15, -0.1) is 0 Å². The van der Waals surface area contributed by atoms with Crippen LogP contribution in [-0.2, 0) is 9.84 Å². The molecule has 0 radical (unpaired) electrons. The van der Waals surface area contributed by atoms with E-state index in [4.69, 9.17) is 0 Å². The van der Waals surface area contributed by atoms with Crippen molar-refractivity contribution in [1.29, 1.82) is 0 Å². The standard InChI is InChI=1S/C14H21NO2S/c1-11-5-6-12(2)13(9-11)18(16,17)14(10-15-3)7-4-8-14/h5-6,9,15H,4,7-8,10H2,1-3H3. The highest BCUT2D eigenvalue weighted by atomic mass is 32.2. The van der Waals surface area contributed by atoms with Gasteiger partial charge in [-0.1, -0.05) is 18.6 Å². The van der Waals surface area contributed by atoms with Crippen LogP contribution in [0.2, 0.25) is 0 Å². The first-order valence-corrected chi connectivity index (χ1v) is 7.88. The van der Waals surface area contributed by atoms with Gasteiger partial charge in [0.1, 0.15) is 0 Å². The fourth-order valence-corrected chi connectivity index (χ4v) is 5.12. The maximum Gasteiger partial charge on any atom is 0.185 e. The number of aryl methyl sites for hydroxylation is 2. The van der Waals surface area contributed by atoms with Crippen LogP contribution in [0, 0.1) is 13.8 Å². The van der Waals surface area contributed by atoms with Crippen LogP contribution in [0.25, 0.3) is 0 Å². The molecule has 1 N–H and O–H groups in total. The number of sulfone groups is 1. The summed E-state index contributed by atoms with van der Waals surface area (Å²) in [6, 6.07) is 5.66. The van der Waals surface area contributed by atoms with E-state index in [0.29, 0.717) is 11.4 Å². The first kappa shape index (κ1) is 13.6. The molecule has 3 nitrogen and oxygen atoms in total. The van der Waals surface area contributed by atoms with E-state index in [1.165, 1.54) is 0 Å². The molecule has 1 aliphatic rings. The van der Waals surface area contributed by atoms with Gasteiger partial charge in [-0.25, -0.2) is 8.42 Å². The van der Waals surface area contributed by atoms with Crippen molar-refractivity contribution in [3.63, 3.8) is 0 Å². The molecule has 0 saturated heterocycles. The van der Waals surface area contributed by atoms with E-state index in [0.717, 1.165) is 30.4 Å². The summed E-state index contributed by atoms with van der Waals surface area (Å²) in [4.78, 5) is 0.512. The summed E-state index contributed by atoms with van der Waals surface area (Å²) >= 11 is 0. The molecule has 0 bridgehead atoms. The van der Waals surface area contributed by atoms with Gasteiger partial charge in [0.05, 0.1) is 9.64 Å². The van der Waals surface area contributed by atoms with Crippen molar-refractivity contribution in [2.45, 2.75) is 42.8 Å². The van der Waals surface area contributed by atoms with E-state index in [1.54, 1.807) is 6.07 Å². The molecule has 2 rings (SSSR count). The van der Waals surface area contributed by atoms with Crippen LogP contribution in [0.1, 0.15) is 30.4 Å². The molecule has 1 saturated carbocycles. The number of hydrogen-bond donors (Lipinski definition) is 1. The van der Waals surface area contributed by atoms with Crippen molar-refractivity contribution in [2.24, 2.45) is 0 Å². The zero-order chi connectivity index (χ0) is 13.4. The van der Waals surface area contributed by atoms with Gasteiger partial charge in [0.25, 0.3) is 0 Å². The lowest BCUT2D eigenvalue weighted by Gasteiger charge is -2.41. The van der Waals surface area contributed by atoms with Crippen molar-refractivity contribution in [3.05, 3.63) is 29.3 Å². The van der Waals surface area contributed by atoms with Gasteiger partial charge in [0, 0.05) is 6.54 Å². The third-order valence-electron chi connectivity index (χ3n) is 3.97. The number of nitrogens with one attached hydrogen (secondary N) is 1. The smallest absolute Gasteiger partial charge is 0.185 e. The Bertz CT molecular complexity index is 545. The quantitative estimate of drug-likeness (QED) is 0.910. The van der Waals surface area contributed by atoms with Gasteiger partial charge >= 0.3 is 0 Å². The summed E-state index contributed by atoms with van der Waals surface area (Å²) in [5.41, 5.74) is 1.85. The molecule has 0 aliphatic heterocycles. The van der Waals surface area contributed by atoms with Crippen LogP contribution in [0.15, 0.2) is 23.1 Å². The summed E-state index contributed by atoms with van der Waals surface area (Å²) in [6.45, 7) is 4.35. The van der Waals surface area contributed by atoms with E-state index < -0.39 is 14.6 Å². The van der Waals surface area contributed by atoms with Crippen molar-refractivity contribution in [2.75, 3.05) is 13.6 Å². The number of benzene rings is 1. The molecule has 0 aromatic heterocycles. The van der Waals surface area contributed by atoms with E-state index in [2.05, 4.69) is 5.32 Å². The molecular formula is C14H21NO2S. The molecule has 0 spiro atoms. The van der Waals surface area contributed by atoms with Crippen LogP contribution >= 0.6 is 0 Å². The van der Waals surface area contributed by atoms with Crippen molar-refractivity contribution in [1.82, 2.24) is 5.32 Å². The van der Waals surface area contributed by atoms with Crippen LogP contribution < -0.4 is 5.32 Å². The lowest BCUT2D eigenvalue weighted by Crippen LogP contribution is -2.52. The molecule has 1 aliphatic carbocycles. The summed E-state index contributed by atoms with van der Waals surface area (Å²) in [7, 11) is -1.42. The van der Waals surface area contributed by atoms with E-state index in [9.17, 15) is 8.42 Å². The zero-order valence-electron chi connectivity index (χ0n) is 11.3. The summed E-state index contributed by atoms with van der Waals surface area (Å²) < 4.78 is 25.1. The largest absolute Gasteiger partial charge is 0.318 e. The highest BCUT2D eigenvalue weighted by molar-refractivity contribution is 7.93. The van der Waals surface area contributed by atoms with Crippen LogP contribution in [0.4, 0.5) is 0 Å². The first-order valence-electron chi connectivity index (χ1n) is 6.39. The lowest BCUT2D eigenvalue weighted by molar-refractivity contribution is 0.328. The highest BCUT2D eigenvalue weighted by Crippen LogP contribution is 2.43. The Hall–Kier alpha value is -0.870. The van der Waals surface area contributed by atoms with Crippen molar-refractivity contribution in [3.8, 4) is 0 Å². The minimum Gasteiger partial charge on any atom is -0.318 e. The van der Waals surface area contributed by atoms with Crippen LogP contribution in [0.5, 0.6) is 0 Å². The molecule has 4 heteroatoms. The van der Waals surface area contributed by atoms with E-state index >= 15 is 0 Å². The molecule has 18 heavy (non-hydrogen) atoms. The third kappa shape index (κ3) is 1.97. The fraction of sp³-hybridized carbons (Fsp3) is 0.571. The SMILES string of the molecule is CNCC1(S(=O)(=O)c2cc(C)ccc2C)CCC1. The maximum absolute atomic E-state index is 12.9. The van der Waals surface area contributed by atoms with Gasteiger partial charge in [0.15, 0.2) is 9.84 Å². The lowest BCUT2D eigenvalue weighted by atomic mass is 9.84. The predicted octanol–water partition coefficient (Wildman–Crippen LogP) is 2.22. The number of hydrogen-bond acceptors (Lipinski definition) is 3. The highest BCUT2D eigenvalue weighted by Gasteiger charge is 2.49. The summed E-state index contributed by atoms with van der Waals surface area (Å²) in [6.07, 6.45) is 2.54. The minimum atomic E-state index is -3.24. The molecule has 100 valence electrons. The molecule has 1 aromatic carbocycles. The molecule has 1 fully saturated rings. The second kappa shape index (κ2) is 4.67. The van der Waals surface area contributed by atoms with Gasteiger partial charge < -0.3 is 5.32 Å². The van der Waals surface area contributed by atoms with Crippen LogP contribution in [-0.4, -0.2) is 26.8 Å². The molecular weight excluding hydrogens is 246 g/mol. The van der Waals surface area contributed by atoms with Crippen molar-refractivity contribution < 1.29 is 8.42 Å². The van der Waals surface area contributed by atoms with E-state index in [1.807, 2.05) is 33.0 Å². The number of rotatable bonds is 4. The van der Waals surface area contributed by atoms with Gasteiger partial charge in [0.2, 0.25) is 0 Å². The molecule has 0 heterocycles. The average Bonchev–Trinajstić information content (AvgIpc) is 2.26. The Balaban J connectivity index is 2.50. The third-order valence-corrected chi connectivity index (χ3v) is 6.68. The van der Waals surface area contributed by atoms with Gasteiger partial charge in [-0.05, 0) is 50.9 Å². The second-order valence-corrected chi connectivity index (χ2v) is 7.65. The Morgan fingerprint density at radius 2 is 1.94 bits per heavy atom. The molecule has 0 atom stereocenters. The Labute approximate surface area is 110 Å². The normalized spacial score (nSPS) is 18.4. The second-order valence-electron chi connectivity index (χ2n) is 5.34. The predicted molar refractivity (Wildman–Crippen MR) is 73.6 cm³/mol.